The maximum atomic E-state index is 10.7. The normalized spacial score (nSPS) is 24.3. The Hall–Kier alpha value is -1.42. The second kappa shape index (κ2) is 6.84. The maximum absolute atomic E-state index is 10.7. The lowest BCUT2D eigenvalue weighted by Gasteiger charge is -2.34. The Morgan fingerprint density at radius 2 is 1.95 bits per heavy atom. The van der Waals surface area contributed by atoms with Crippen LogP contribution in [0.3, 0.4) is 0 Å². The molecule has 3 atom stereocenters. The standard InChI is InChI=1S/C16H24N2O2/c1-3-13-6-4-5-7-16(13)17-12(2)14-8-10-15(11-9-14)18(19)20/h8-13,16-17H,3-7H2,1-2H3. The second-order valence-electron chi connectivity index (χ2n) is 5.80. The minimum absolute atomic E-state index is 0.157. The van der Waals surface area contributed by atoms with Crippen LogP contribution in [0.25, 0.3) is 0 Å². The molecule has 1 aromatic carbocycles. The third-order valence-corrected chi connectivity index (χ3v) is 4.50. The summed E-state index contributed by atoms with van der Waals surface area (Å²) in [6, 6.07) is 7.73. The van der Waals surface area contributed by atoms with E-state index in [0.717, 1.165) is 11.5 Å². The van der Waals surface area contributed by atoms with Crippen molar-refractivity contribution in [1.29, 1.82) is 0 Å². The van der Waals surface area contributed by atoms with Gasteiger partial charge in [-0.2, -0.15) is 0 Å². The summed E-state index contributed by atoms with van der Waals surface area (Å²) in [5.74, 6) is 0.768. The molecular weight excluding hydrogens is 252 g/mol. The molecule has 4 heteroatoms. The van der Waals surface area contributed by atoms with Crippen molar-refractivity contribution in [2.75, 3.05) is 0 Å². The van der Waals surface area contributed by atoms with Crippen molar-refractivity contribution in [1.82, 2.24) is 5.32 Å². The summed E-state index contributed by atoms with van der Waals surface area (Å²) < 4.78 is 0. The topological polar surface area (TPSA) is 55.2 Å². The number of hydrogen-bond donors (Lipinski definition) is 1. The number of nitrogens with zero attached hydrogens (tertiary/aromatic N) is 1. The molecule has 0 amide bonds. The quantitative estimate of drug-likeness (QED) is 0.647. The van der Waals surface area contributed by atoms with Crippen molar-refractivity contribution in [3.8, 4) is 0 Å². The van der Waals surface area contributed by atoms with Crippen LogP contribution in [0, 0.1) is 16.0 Å². The zero-order valence-corrected chi connectivity index (χ0v) is 12.3. The number of benzene rings is 1. The third kappa shape index (κ3) is 3.57. The van der Waals surface area contributed by atoms with Gasteiger partial charge in [0.15, 0.2) is 0 Å². The first-order valence-corrected chi connectivity index (χ1v) is 7.62. The van der Waals surface area contributed by atoms with Crippen molar-refractivity contribution in [3.05, 3.63) is 39.9 Å². The Morgan fingerprint density at radius 1 is 1.30 bits per heavy atom. The SMILES string of the molecule is CCC1CCCCC1NC(C)c1ccc([N+](=O)[O-])cc1. The summed E-state index contributed by atoms with van der Waals surface area (Å²) in [6.45, 7) is 4.41. The van der Waals surface area contributed by atoms with Gasteiger partial charge >= 0.3 is 0 Å². The summed E-state index contributed by atoms with van der Waals surface area (Å²) in [6.07, 6.45) is 6.45. The van der Waals surface area contributed by atoms with Crippen molar-refractivity contribution in [2.45, 2.75) is 58.0 Å². The van der Waals surface area contributed by atoms with Crippen LogP contribution in [-0.4, -0.2) is 11.0 Å². The molecule has 0 aromatic heterocycles. The van der Waals surface area contributed by atoms with Crippen molar-refractivity contribution in [3.63, 3.8) is 0 Å². The Balaban J connectivity index is 1.99. The predicted molar refractivity (Wildman–Crippen MR) is 80.7 cm³/mol. The van der Waals surface area contributed by atoms with Gasteiger partial charge < -0.3 is 5.32 Å². The average molecular weight is 276 g/mol. The zero-order chi connectivity index (χ0) is 14.5. The highest BCUT2D eigenvalue weighted by Gasteiger charge is 2.25. The molecule has 0 radical (unpaired) electrons. The van der Waals surface area contributed by atoms with E-state index in [-0.39, 0.29) is 16.7 Å². The summed E-state index contributed by atoms with van der Waals surface area (Å²) in [5, 5.41) is 14.4. The minimum atomic E-state index is -0.351. The van der Waals surface area contributed by atoms with Gasteiger partial charge in [0.1, 0.15) is 0 Å². The number of hydrogen-bond acceptors (Lipinski definition) is 3. The molecule has 0 heterocycles. The first kappa shape index (κ1) is 15.0. The molecule has 0 saturated heterocycles. The van der Waals surface area contributed by atoms with Gasteiger partial charge in [0.05, 0.1) is 4.92 Å². The van der Waals surface area contributed by atoms with E-state index in [1.807, 2.05) is 12.1 Å². The van der Waals surface area contributed by atoms with Crippen LogP contribution in [0.15, 0.2) is 24.3 Å². The summed E-state index contributed by atoms with van der Waals surface area (Å²) in [7, 11) is 0. The van der Waals surface area contributed by atoms with Crippen LogP contribution in [-0.2, 0) is 0 Å². The molecule has 0 aliphatic heterocycles. The zero-order valence-electron chi connectivity index (χ0n) is 12.3. The maximum Gasteiger partial charge on any atom is 0.269 e. The van der Waals surface area contributed by atoms with Gasteiger partial charge in [-0.15, -0.1) is 0 Å². The van der Waals surface area contributed by atoms with Crippen molar-refractivity contribution < 1.29 is 4.92 Å². The molecule has 0 bridgehead atoms. The van der Waals surface area contributed by atoms with Crippen LogP contribution in [0.2, 0.25) is 0 Å². The van der Waals surface area contributed by atoms with E-state index in [1.54, 1.807) is 12.1 Å². The molecule has 1 aromatic rings. The number of rotatable bonds is 5. The fourth-order valence-electron chi connectivity index (χ4n) is 3.22. The van der Waals surface area contributed by atoms with E-state index in [1.165, 1.54) is 32.1 Å². The van der Waals surface area contributed by atoms with Crippen molar-refractivity contribution in [2.24, 2.45) is 5.92 Å². The molecule has 2 rings (SSSR count). The Bertz CT molecular complexity index is 444. The highest BCUT2D eigenvalue weighted by Crippen LogP contribution is 2.29. The molecule has 1 saturated carbocycles. The smallest absolute Gasteiger partial charge is 0.269 e. The van der Waals surface area contributed by atoms with Crippen LogP contribution in [0.5, 0.6) is 0 Å². The summed E-state index contributed by atoms with van der Waals surface area (Å²) in [4.78, 5) is 10.3. The molecule has 4 nitrogen and oxygen atoms in total. The highest BCUT2D eigenvalue weighted by atomic mass is 16.6. The van der Waals surface area contributed by atoms with Gasteiger partial charge in [-0.1, -0.05) is 38.3 Å². The lowest BCUT2D eigenvalue weighted by atomic mass is 9.82. The lowest BCUT2D eigenvalue weighted by Crippen LogP contribution is -2.39. The van der Waals surface area contributed by atoms with Gasteiger partial charge in [-0.25, -0.2) is 0 Å². The Morgan fingerprint density at radius 3 is 2.55 bits per heavy atom. The highest BCUT2D eigenvalue weighted by molar-refractivity contribution is 5.34. The molecule has 110 valence electrons. The van der Waals surface area contributed by atoms with E-state index in [9.17, 15) is 10.1 Å². The van der Waals surface area contributed by atoms with Crippen LogP contribution in [0.1, 0.15) is 57.6 Å². The molecule has 0 spiro atoms. The van der Waals surface area contributed by atoms with E-state index in [4.69, 9.17) is 0 Å². The number of non-ortho nitro benzene ring substituents is 1. The van der Waals surface area contributed by atoms with E-state index < -0.39 is 0 Å². The number of nitro benzene ring substituents is 1. The minimum Gasteiger partial charge on any atom is -0.307 e. The Kier molecular flexibility index (Phi) is 5.12. The van der Waals surface area contributed by atoms with Gasteiger partial charge in [-0.05, 0) is 31.2 Å². The molecule has 1 aliphatic carbocycles. The van der Waals surface area contributed by atoms with E-state index in [0.29, 0.717) is 6.04 Å². The first-order valence-electron chi connectivity index (χ1n) is 7.62. The molecular formula is C16H24N2O2. The fraction of sp³-hybridized carbons (Fsp3) is 0.625. The number of nitrogens with one attached hydrogen (secondary N) is 1. The lowest BCUT2D eigenvalue weighted by molar-refractivity contribution is -0.384. The average Bonchev–Trinajstić information content (AvgIpc) is 2.48. The van der Waals surface area contributed by atoms with E-state index in [2.05, 4.69) is 19.2 Å². The molecule has 1 aliphatic rings. The molecule has 3 unspecified atom stereocenters. The van der Waals surface area contributed by atoms with Gasteiger partial charge in [0.25, 0.3) is 5.69 Å². The third-order valence-electron chi connectivity index (χ3n) is 4.50. The predicted octanol–water partition coefficient (Wildman–Crippen LogP) is 4.21. The number of nitro groups is 1. The molecule has 1 fully saturated rings. The summed E-state index contributed by atoms with van der Waals surface area (Å²) in [5.41, 5.74) is 1.28. The second-order valence-corrected chi connectivity index (χ2v) is 5.80. The molecule has 20 heavy (non-hydrogen) atoms. The van der Waals surface area contributed by atoms with Gasteiger partial charge in [0, 0.05) is 24.2 Å². The van der Waals surface area contributed by atoms with Crippen molar-refractivity contribution >= 4 is 5.69 Å². The van der Waals surface area contributed by atoms with Crippen LogP contribution < -0.4 is 5.32 Å². The molecule has 1 N–H and O–H groups in total. The van der Waals surface area contributed by atoms with E-state index >= 15 is 0 Å². The van der Waals surface area contributed by atoms with Crippen LogP contribution in [0.4, 0.5) is 5.69 Å². The first-order chi connectivity index (χ1) is 9.61. The fourth-order valence-corrected chi connectivity index (χ4v) is 3.22. The van der Waals surface area contributed by atoms with Gasteiger partial charge in [0.2, 0.25) is 0 Å². The van der Waals surface area contributed by atoms with Crippen LogP contribution >= 0.6 is 0 Å². The van der Waals surface area contributed by atoms with Gasteiger partial charge in [-0.3, -0.25) is 10.1 Å². The largest absolute Gasteiger partial charge is 0.307 e. The Labute approximate surface area is 120 Å². The summed E-state index contributed by atoms with van der Waals surface area (Å²) >= 11 is 0. The monoisotopic (exact) mass is 276 g/mol.